The van der Waals surface area contributed by atoms with Crippen LogP contribution in [-0.2, 0) is 6.42 Å². The van der Waals surface area contributed by atoms with Gasteiger partial charge in [-0.2, -0.15) is 13.2 Å². The van der Waals surface area contributed by atoms with Gasteiger partial charge in [-0.05, 0) is 42.4 Å². The van der Waals surface area contributed by atoms with Crippen LogP contribution in [0, 0.1) is 5.82 Å². The largest absolute Gasteiger partial charge is 0.389 e. The summed E-state index contributed by atoms with van der Waals surface area (Å²) < 4.78 is 49.4. The van der Waals surface area contributed by atoms with Crippen LogP contribution in [0.1, 0.15) is 50.2 Å². The first kappa shape index (κ1) is 15.0. The zero-order chi connectivity index (χ0) is 13.8. The SMILES string of the molecule is CC(C)c1ccc(CCCCC(F)(F)F)cc1F. The molecule has 0 fully saturated rings. The van der Waals surface area contributed by atoms with Crippen LogP contribution in [0.4, 0.5) is 17.6 Å². The number of halogens is 4. The fraction of sp³-hybridized carbons (Fsp3) is 0.571. The summed E-state index contributed by atoms with van der Waals surface area (Å²) in [6, 6.07) is 4.95. The molecule has 0 spiro atoms. The van der Waals surface area contributed by atoms with Gasteiger partial charge in [0.05, 0.1) is 0 Å². The van der Waals surface area contributed by atoms with E-state index in [0.717, 1.165) is 5.56 Å². The number of unbranched alkanes of at least 4 members (excludes halogenated alkanes) is 1. The smallest absolute Gasteiger partial charge is 0.207 e. The Bertz CT molecular complexity index is 380. The molecule has 1 aromatic carbocycles. The normalized spacial score (nSPS) is 12.2. The third-order valence-electron chi connectivity index (χ3n) is 2.86. The second-order valence-electron chi connectivity index (χ2n) is 4.83. The Morgan fingerprint density at radius 3 is 2.28 bits per heavy atom. The molecule has 0 atom stereocenters. The minimum Gasteiger partial charge on any atom is -0.207 e. The lowest BCUT2D eigenvalue weighted by Crippen LogP contribution is -2.06. The second-order valence-corrected chi connectivity index (χ2v) is 4.83. The molecule has 0 nitrogen and oxygen atoms in total. The molecular formula is C14H18F4. The van der Waals surface area contributed by atoms with Gasteiger partial charge < -0.3 is 0 Å². The van der Waals surface area contributed by atoms with Crippen LogP contribution in [0.5, 0.6) is 0 Å². The van der Waals surface area contributed by atoms with Crippen molar-refractivity contribution < 1.29 is 17.6 Å². The van der Waals surface area contributed by atoms with Crippen LogP contribution >= 0.6 is 0 Å². The zero-order valence-electron chi connectivity index (χ0n) is 10.6. The van der Waals surface area contributed by atoms with Crippen molar-refractivity contribution in [3.8, 4) is 0 Å². The number of hydrogen-bond donors (Lipinski definition) is 0. The van der Waals surface area contributed by atoms with Crippen LogP contribution in [0.2, 0.25) is 0 Å². The van der Waals surface area contributed by atoms with E-state index in [9.17, 15) is 17.6 Å². The van der Waals surface area contributed by atoms with Crippen molar-refractivity contribution in [2.75, 3.05) is 0 Å². The van der Waals surface area contributed by atoms with Crippen molar-refractivity contribution in [1.29, 1.82) is 0 Å². The number of rotatable bonds is 5. The maximum atomic E-state index is 13.6. The van der Waals surface area contributed by atoms with Gasteiger partial charge in [0.1, 0.15) is 5.82 Å². The van der Waals surface area contributed by atoms with Gasteiger partial charge in [-0.3, -0.25) is 0 Å². The maximum Gasteiger partial charge on any atom is 0.389 e. The van der Waals surface area contributed by atoms with Gasteiger partial charge in [0.15, 0.2) is 0 Å². The Kier molecular flexibility index (Phi) is 5.17. The monoisotopic (exact) mass is 262 g/mol. The van der Waals surface area contributed by atoms with Crippen LogP contribution in [0.15, 0.2) is 18.2 Å². The van der Waals surface area contributed by atoms with E-state index < -0.39 is 12.6 Å². The van der Waals surface area contributed by atoms with Gasteiger partial charge >= 0.3 is 6.18 Å². The summed E-state index contributed by atoms with van der Waals surface area (Å²) in [6.07, 6.45) is -3.84. The molecule has 0 saturated carbocycles. The number of alkyl halides is 3. The lowest BCUT2D eigenvalue weighted by Gasteiger charge is -2.09. The van der Waals surface area contributed by atoms with E-state index in [0.29, 0.717) is 18.4 Å². The second kappa shape index (κ2) is 6.21. The molecule has 0 N–H and O–H groups in total. The summed E-state index contributed by atoms with van der Waals surface area (Å²) in [5.74, 6) is -0.150. The molecule has 0 aliphatic carbocycles. The molecule has 1 aromatic rings. The van der Waals surface area contributed by atoms with E-state index >= 15 is 0 Å². The van der Waals surface area contributed by atoms with Crippen molar-refractivity contribution in [1.82, 2.24) is 0 Å². The molecule has 4 heteroatoms. The van der Waals surface area contributed by atoms with Crippen LogP contribution < -0.4 is 0 Å². The highest BCUT2D eigenvalue weighted by Crippen LogP contribution is 2.24. The first-order chi connectivity index (χ1) is 8.29. The summed E-state index contributed by atoms with van der Waals surface area (Å²) in [7, 11) is 0. The summed E-state index contributed by atoms with van der Waals surface area (Å²) in [4.78, 5) is 0. The molecule has 0 aliphatic rings. The highest BCUT2D eigenvalue weighted by atomic mass is 19.4. The standard InChI is InChI=1S/C14H18F4/c1-10(2)12-7-6-11(9-13(12)15)5-3-4-8-14(16,17)18/h6-7,9-10H,3-5,8H2,1-2H3. The molecule has 0 unspecified atom stereocenters. The van der Waals surface area contributed by atoms with E-state index in [2.05, 4.69) is 0 Å². The zero-order valence-corrected chi connectivity index (χ0v) is 10.6. The third-order valence-corrected chi connectivity index (χ3v) is 2.86. The molecule has 0 amide bonds. The van der Waals surface area contributed by atoms with E-state index in [-0.39, 0.29) is 18.2 Å². The van der Waals surface area contributed by atoms with Crippen molar-refractivity contribution >= 4 is 0 Å². The van der Waals surface area contributed by atoms with E-state index in [4.69, 9.17) is 0 Å². The topological polar surface area (TPSA) is 0 Å². The quantitative estimate of drug-likeness (QED) is 0.504. The molecule has 0 radical (unpaired) electrons. The molecular weight excluding hydrogens is 244 g/mol. The van der Waals surface area contributed by atoms with Crippen molar-refractivity contribution in [2.24, 2.45) is 0 Å². The average molecular weight is 262 g/mol. The minimum atomic E-state index is -4.09. The fourth-order valence-electron chi connectivity index (χ4n) is 1.85. The molecule has 0 heterocycles. The third kappa shape index (κ3) is 5.07. The van der Waals surface area contributed by atoms with Gasteiger partial charge in [-0.1, -0.05) is 26.0 Å². The number of hydrogen-bond acceptors (Lipinski definition) is 0. The summed E-state index contributed by atoms with van der Waals surface area (Å²) in [5, 5.41) is 0. The Labute approximate surface area is 105 Å². The maximum absolute atomic E-state index is 13.6. The molecule has 0 aliphatic heterocycles. The molecule has 0 saturated heterocycles. The van der Waals surface area contributed by atoms with E-state index in [1.54, 1.807) is 12.1 Å². The first-order valence-corrected chi connectivity index (χ1v) is 6.14. The van der Waals surface area contributed by atoms with Crippen LogP contribution in [0.25, 0.3) is 0 Å². The van der Waals surface area contributed by atoms with Crippen LogP contribution in [0.3, 0.4) is 0 Å². The highest BCUT2D eigenvalue weighted by molar-refractivity contribution is 5.26. The predicted octanol–water partition coefficient (Wildman–Crippen LogP) is 5.22. The van der Waals surface area contributed by atoms with Crippen molar-refractivity contribution in [2.45, 2.75) is 51.6 Å². The van der Waals surface area contributed by atoms with Gasteiger partial charge in [0, 0.05) is 6.42 Å². The number of benzene rings is 1. The van der Waals surface area contributed by atoms with Gasteiger partial charge in [-0.25, -0.2) is 4.39 Å². The van der Waals surface area contributed by atoms with Gasteiger partial charge in [0.25, 0.3) is 0 Å². The van der Waals surface area contributed by atoms with Crippen molar-refractivity contribution in [3.05, 3.63) is 35.1 Å². The molecule has 0 bridgehead atoms. The average Bonchev–Trinajstić information content (AvgIpc) is 2.22. The summed E-state index contributed by atoms with van der Waals surface area (Å²) >= 11 is 0. The van der Waals surface area contributed by atoms with Gasteiger partial charge in [-0.15, -0.1) is 0 Å². The molecule has 0 aromatic heterocycles. The Hall–Kier alpha value is -1.06. The lowest BCUT2D eigenvalue weighted by molar-refractivity contribution is -0.135. The Morgan fingerprint density at radius 2 is 1.78 bits per heavy atom. The molecule has 1 rings (SSSR count). The summed E-state index contributed by atoms with van der Waals surface area (Å²) in [6.45, 7) is 3.81. The summed E-state index contributed by atoms with van der Waals surface area (Å²) in [5.41, 5.74) is 1.41. The Morgan fingerprint density at radius 1 is 1.11 bits per heavy atom. The first-order valence-electron chi connectivity index (χ1n) is 6.14. The van der Waals surface area contributed by atoms with Crippen LogP contribution in [-0.4, -0.2) is 6.18 Å². The fourth-order valence-corrected chi connectivity index (χ4v) is 1.85. The molecule has 18 heavy (non-hydrogen) atoms. The van der Waals surface area contributed by atoms with Gasteiger partial charge in [0.2, 0.25) is 0 Å². The van der Waals surface area contributed by atoms with E-state index in [1.165, 1.54) is 6.07 Å². The number of aryl methyl sites for hydroxylation is 1. The van der Waals surface area contributed by atoms with E-state index in [1.807, 2.05) is 13.8 Å². The lowest BCUT2D eigenvalue weighted by atomic mass is 9.99. The van der Waals surface area contributed by atoms with Crippen molar-refractivity contribution in [3.63, 3.8) is 0 Å². The predicted molar refractivity (Wildman–Crippen MR) is 64.1 cm³/mol. The minimum absolute atomic E-state index is 0.0943. The highest BCUT2D eigenvalue weighted by Gasteiger charge is 2.25. The Balaban J connectivity index is 2.47. The molecule has 102 valence electrons.